The van der Waals surface area contributed by atoms with Crippen LogP contribution in [-0.4, -0.2) is 31.0 Å². The molecular weight excluding hydrogens is 216 g/mol. The van der Waals surface area contributed by atoms with E-state index < -0.39 is 0 Å². The minimum absolute atomic E-state index is 0.114. The van der Waals surface area contributed by atoms with Crippen LogP contribution in [0, 0.1) is 18.8 Å². The summed E-state index contributed by atoms with van der Waals surface area (Å²) in [5.74, 6) is 6.40. The smallest absolute Gasteiger partial charge is 0.124 e. The second-order valence-corrected chi connectivity index (χ2v) is 4.04. The topological polar surface area (TPSA) is 38.7 Å². The van der Waals surface area contributed by atoms with Gasteiger partial charge < -0.3 is 14.6 Å². The van der Waals surface area contributed by atoms with Gasteiger partial charge in [-0.05, 0) is 30.7 Å². The number of ether oxygens (including phenoxy) is 2. The Labute approximate surface area is 101 Å². The van der Waals surface area contributed by atoms with E-state index in [0.717, 1.165) is 29.9 Å². The first kappa shape index (κ1) is 12.0. The van der Waals surface area contributed by atoms with Gasteiger partial charge in [0.2, 0.25) is 0 Å². The quantitative estimate of drug-likeness (QED) is 0.785. The summed E-state index contributed by atoms with van der Waals surface area (Å²) in [6.45, 7) is 3.32. The standard InChI is InChI=1S/C14H16O3/c1-11-9-13(17-14-6-8-16-10-14)5-4-12(11)3-2-7-15/h4-5,9,14-15H,6-8,10H2,1H3. The first-order valence-corrected chi connectivity index (χ1v) is 5.74. The van der Waals surface area contributed by atoms with Crippen LogP contribution in [0.5, 0.6) is 5.75 Å². The number of aliphatic hydroxyl groups excluding tert-OH is 1. The van der Waals surface area contributed by atoms with E-state index in [-0.39, 0.29) is 12.7 Å². The summed E-state index contributed by atoms with van der Waals surface area (Å²) >= 11 is 0. The van der Waals surface area contributed by atoms with Crippen molar-refractivity contribution in [2.75, 3.05) is 19.8 Å². The minimum atomic E-state index is -0.114. The summed E-state index contributed by atoms with van der Waals surface area (Å²) in [5, 5.41) is 8.65. The van der Waals surface area contributed by atoms with Gasteiger partial charge >= 0.3 is 0 Å². The van der Waals surface area contributed by atoms with E-state index in [2.05, 4.69) is 11.8 Å². The van der Waals surface area contributed by atoms with E-state index in [1.807, 2.05) is 25.1 Å². The van der Waals surface area contributed by atoms with E-state index in [1.54, 1.807) is 0 Å². The predicted octanol–water partition coefficient (Wildman–Crippen LogP) is 1.51. The molecule has 1 saturated heterocycles. The number of benzene rings is 1. The van der Waals surface area contributed by atoms with Gasteiger partial charge in [-0.25, -0.2) is 0 Å². The summed E-state index contributed by atoms with van der Waals surface area (Å²) in [6, 6.07) is 5.80. The summed E-state index contributed by atoms with van der Waals surface area (Å²) in [4.78, 5) is 0. The molecule has 1 aromatic rings. The zero-order chi connectivity index (χ0) is 12.1. The van der Waals surface area contributed by atoms with E-state index in [4.69, 9.17) is 14.6 Å². The molecule has 2 rings (SSSR count). The van der Waals surface area contributed by atoms with Crippen LogP contribution in [0.4, 0.5) is 0 Å². The third kappa shape index (κ3) is 3.23. The molecular formula is C14H16O3. The third-order valence-corrected chi connectivity index (χ3v) is 2.69. The molecule has 1 heterocycles. The third-order valence-electron chi connectivity index (χ3n) is 2.69. The van der Waals surface area contributed by atoms with Crippen molar-refractivity contribution in [1.29, 1.82) is 0 Å². The summed E-state index contributed by atoms with van der Waals surface area (Å²) < 4.78 is 11.1. The van der Waals surface area contributed by atoms with Gasteiger partial charge in [0.25, 0.3) is 0 Å². The lowest BCUT2D eigenvalue weighted by Gasteiger charge is -2.12. The molecule has 1 aliphatic rings. The van der Waals surface area contributed by atoms with Crippen LogP contribution in [-0.2, 0) is 4.74 Å². The zero-order valence-corrected chi connectivity index (χ0v) is 9.90. The maximum Gasteiger partial charge on any atom is 0.124 e. The van der Waals surface area contributed by atoms with Gasteiger partial charge in [0.15, 0.2) is 0 Å². The number of hydrogen-bond donors (Lipinski definition) is 1. The highest BCUT2D eigenvalue weighted by Gasteiger charge is 2.17. The Balaban J connectivity index is 2.07. The molecule has 1 atom stereocenters. The van der Waals surface area contributed by atoms with Gasteiger partial charge in [-0.15, -0.1) is 0 Å². The number of rotatable bonds is 2. The van der Waals surface area contributed by atoms with Crippen LogP contribution in [0.15, 0.2) is 18.2 Å². The fourth-order valence-electron chi connectivity index (χ4n) is 1.78. The number of aliphatic hydroxyl groups is 1. The Morgan fingerprint density at radius 2 is 2.41 bits per heavy atom. The Kier molecular flexibility index (Phi) is 4.03. The molecule has 0 aromatic heterocycles. The molecule has 1 fully saturated rings. The number of hydrogen-bond acceptors (Lipinski definition) is 3. The summed E-state index contributed by atoms with van der Waals surface area (Å²) in [7, 11) is 0. The van der Waals surface area contributed by atoms with Crippen molar-refractivity contribution in [3.63, 3.8) is 0 Å². The highest BCUT2D eigenvalue weighted by Crippen LogP contribution is 2.20. The lowest BCUT2D eigenvalue weighted by Crippen LogP contribution is -2.15. The molecule has 1 aliphatic heterocycles. The van der Waals surface area contributed by atoms with Crippen molar-refractivity contribution >= 4 is 0 Å². The van der Waals surface area contributed by atoms with Crippen LogP contribution < -0.4 is 4.74 Å². The normalized spacial score (nSPS) is 18.6. The van der Waals surface area contributed by atoms with Gasteiger partial charge in [0, 0.05) is 12.0 Å². The zero-order valence-electron chi connectivity index (χ0n) is 9.90. The molecule has 17 heavy (non-hydrogen) atoms. The maximum absolute atomic E-state index is 8.65. The lowest BCUT2D eigenvalue weighted by molar-refractivity contribution is 0.141. The predicted molar refractivity (Wildman–Crippen MR) is 65.0 cm³/mol. The Morgan fingerprint density at radius 1 is 1.53 bits per heavy atom. The first-order chi connectivity index (χ1) is 8.29. The molecule has 0 radical (unpaired) electrons. The van der Waals surface area contributed by atoms with Gasteiger partial charge in [0.05, 0.1) is 13.2 Å². The Morgan fingerprint density at radius 3 is 3.06 bits per heavy atom. The van der Waals surface area contributed by atoms with E-state index >= 15 is 0 Å². The second kappa shape index (κ2) is 5.72. The molecule has 0 saturated carbocycles. The molecule has 0 amide bonds. The molecule has 1 N–H and O–H groups in total. The Bertz CT molecular complexity index is 437. The van der Waals surface area contributed by atoms with Crippen molar-refractivity contribution in [3.8, 4) is 17.6 Å². The SMILES string of the molecule is Cc1cc(OC2CCOC2)ccc1C#CCO. The Hall–Kier alpha value is -1.50. The molecule has 3 heteroatoms. The molecule has 90 valence electrons. The van der Waals surface area contributed by atoms with Gasteiger partial charge in [-0.3, -0.25) is 0 Å². The number of aryl methyl sites for hydroxylation is 1. The van der Waals surface area contributed by atoms with E-state index in [9.17, 15) is 0 Å². The average molecular weight is 232 g/mol. The van der Waals surface area contributed by atoms with Crippen LogP contribution in [0.2, 0.25) is 0 Å². The van der Waals surface area contributed by atoms with Crippen LogP contribution in [0.1, 0.15) is 17.5 Å². The fraction of sp³-hybridized carbons (Fsp3) is 0.429. The molecule has 0 bridgehead atoms. The van der Waals surface area contributed by atoms with Gasteiger partial charge in [-0.2, -0.15) is 0 Å². The highest BCUT2D eigenvalue weighted by molar-refractivity contribution is 5.44. The van der Waals surface area contributed by atoms with Crippen molar-refractivity contribution in [3.05, 3.63) is 29.3 Å². The molecule has 0 aliphatic carbocycles. The molecule has 1 aromatic carbocycles. The lowest BCUT2D eigenvalue weighted by atomic mass is 10.1. The average Bonchev–Trinajstić information content (AvgIpc) is 2.81. The van der Waals surface area contributed by atoms with E-state index in [0.29, 0.717) is 6.61 Å². The molecule has 3 nitrogen and oxygen atoms in total. The summed E-state index contributed by atoms with van der Waals surface area (Å²) in [6.07, 6.45) is 1.12. The fourth-order valence-corrected chi connectivity index (χ4v) is 1.78. The molecule has 0 spiro atoms. The van der Waals surface area contributed by atoms with Crippen molar-refractivity contribution in [1.82, 2.24) is 0 Å². The largest absolute Gasteiger partial charge is 0.488 e. The second-order valence-electron chi connectivity index (χ2n) is 4.04. The van der Waals surface area contributed by atoms with Crippen molar-refractivity contribution in [2.45, 2.75) is 19.4 Å². The van der Waals surface area contributed by atoms with Crippen molar-refractivity contribution in [2.24, 2.45) is 0 Å². The van der Waals surface area contributed by atoms with Gasteiger partial charge in [0.1, 0.15) is 18.5 Å². The van der Waals surface area contributed by atoms with Crippen molar-refractivity contribution < 1.29 is 14.6 Å². The summed E-state index contributed by atoms with van der Waals surface area (Å²) in [5.41, 5.74) is 1.98. The maximum atomic E-state index is 8.65. The van der Waals surface area contributed by atoms with Crippen LogP contribution >= 0.6 is 0 Å². The highest BCUT2D eigenvalue weighted by atomic mass is 16.5. The monoisotopic (exact) mass is 232 g/mol. The first-order valence-electron chi connectivity index (χ1n) is 5.74. The van der Waals surface area contributed by atoms with E-state index in [1.165, 1.54) is 0 Å². The minimum Gasteiger partial charge on any atom is -0.488 e. The van der Waals surface area contributed by atoms with Crippen LogP contribution in [0.3, 0.4) is 0 Å². The van der Waals surface area contributed by atoms with Gasteiger partial charge in [-0.1, -0.05) is 11.8 Å². The van der Waals surface area contributed by atoms with Crippen LogP contribution in [0.25, 0.3) is 0 Å². The molecule has 1 unspecified atom stereocenters.